The van der Waals surface area contributed by atoms with Gasteiger partial charge >= 0.3 is 5.97 Å². The highest BCUT2D eigenvalue weighted by Crippen LogP contribution is 2.26. The van der Waals surface area contributed by atoms with E-state index in [0.717, 1.165) is 18.2 Å². The SMILES string of the molecule is CCOC(=O)CCC(N=[N+]=[N-])c1cc(F)ccc1F. The Morgan fingerprint density at radius 1 is 1.53 bits per heavy atom. The van der Waals surface area contributed by atoms with E-state index in [1.807, 2.05) is 0 Å². The molecule has 7 heteroatoms. The van der Waals surface area contributed by atoms with Crippen molar-refractivity contribution in [2.45, 2.75) is 25.8 Å². The van der Waals surface area contributed by atoms with Gasteiger partial charge in [-0.25, -0.2) is 8.78 Å². The molecule has 1 atom stereocenters. The zero-order valence-corrected chi connectivity index (χ0v) is 10.3. The first kappa shape index (κ1) is 14.9. The summed E-state index contributed by atoms with van der Waals surface area (Å²) >= 11 is 0. The molecule has 5 nitrogen and oxygen atoms in total. The molecule has 1 rings (SSSR count). The molecular formula is C12H13F2N3O2. The molecule has 0 aromatic heterocycles. The molecule has 0 spiro atoms. The largest absolute Gasteiger partial charge is 0.466 e. The Hall–Kier alpha value is -2.14. The van der Waals surface area contributed by atoms with Gasteiger partial charge in [0, 0.05) is 11.3 Å². The molecule has 0 fully saturated rings. The second-order valence-corrected chi connectivity index (χ2v) is 3.73. The quantitative estimate of drug-likeness (QED) is 0.342. The smallest absolute Gasteiger partial charge is 0.305 e. The molecule has 1 aromatic rings. The van der Waals surface area contributed by atoms with E-state index in [4.69, 9.17) is 10.3 Å². The first-order chi connectivity index (χ1) is 9.08. The van der Waals surface area contributed by atoms with E-state index in [2.05, 4.69) is 10.0 Å². The summed E-state index contributed by atoms with van der Waals surface area (Å²) in [6, 6.07) is 1.94. The number of ether oxygens (including phenoxy) is 1. The fourth-order valence-electron chi connectivity index (χ4n) is 1.60. The lowest BCUT2D eigenvalue weighted by Crippen LogP contribution is -2.07. The van der Waals surface area contributed by atoms with Gasteiger partial charge in [-0.1, -0.05) is 5.11 Å². The second kappa shape index (κ2) is 7.33. The van der Waals surface area contributed by atoms with Crippen molar-refractivity contribution in [3.05, 3.63) is 45.8 Å². The maximum absolute atomic E-state index is 13.5. The molecule has 1 aromatic carbocycles. The molecule has 0 amide bonds. The number of hydrogen-bond donors (Lipinski definition) is 0. The average Bonchev–Trinajstić information content (AvgIpc) is 2.38. The van der Waals surface area contributed by atoms with Crippen molar-refractivity contribution in [2.75, 3.05) is 6.61 Å². The second-order valence-electron chi connectivity index (χ2n) is 3.73. The third-order valence-corrected chi connectivity index (χ3v) is 2.44. The molecule has 1 unspecified atom stereocenters. The number of esters is 1. The minimum Gasteiger partial charge on any atom is -0.466 e. The van der Waals surface area contributed by atoms with Crippen molar-refractivity contribution in [2.24, 2.45) is 5.11 Å². The molecule has 0 heterocycles. The first-order valence-electron chi connectivity index (χ1n) is 5.73. The van der Waals surface area contributed by atoms with Gasteiger partial charge in [0.1, 0.15) is 11.6 Å². The lowest BCUT2D eigenvalue weighted by atomic mass is 10.0. The summed E-state index contributed by atoms with van der Waals surface area (Å²) in [7, 11) is 0. The molecule has 0 saturated carbocycles. The Morgan fingerprint density at radius 2 is 2.26 bits per heavy atom. The fourth-order valence-corrected chi connectivity index (χ4v) is 1.60. The maximum Gasteiger partial charge on any atom is 0.305 e. The van der Waals surface area contributed by atoms with Gasteiger partial charge < -0.3 is 4.74 Å². The Kier molecular flexibility index (Phi) is 5.75. The summed E-state index contributed by atoms with van der Waals surface area (Å²) < 4.78 is 31.3. The van der Waals surface area contributed by atoms with Crippen LogP contribution in [-0.2, 0) is 9.53 Å². The molecule has 19 heavy (non-hydrogen) atoms. The van der Waals surface area contributed by atoms with Crippen LogP contribution in [0.5, 0.6) is 0 Å². The van der Waals surface area contributed by atoms with Crippen molar-refractivity contribution in [1.82, 2.24) is 0 Å². The van der Waals surface area contributed by atoms with Crippen molar-refractivity contribution < 1.29 is 18.3 Å². The summed E-state index contributed by atoms with van der Waals surface area (Å²) in [5.74, 6) is -1.79. The third-order valence-electron chi connectivity index (χ3n) is 2.44. The van der Waals surface area contributed by atoms with E-state index < -0.39 is 23.6 Å². The Morgan fingerprint density at radius 3 is 2.89 bits per heavy atom. The van der Waals surface area contributed by atoms with Gasteiger partial charge in [-0.3, -0.25) is 4.79 Å². The van der Waals surface area contributed by atoms with Crippen LogP contribution in [0.15, 0.2) is 23.3 Å². The van der Waals surface area contributed by atoms with E-state index >= 15 is 0 Å². The first-order valence-corrected chi connectivity index (χ1v) is 5.73. The van der Waals surface area contributed by atoms with Crippen LogP contribution in [-0.4, -0.2) is 12.6 Å². The molecule has 0 aliphatic carbocycles. The zero-order valence-electron chi connectivity index (χ0n) is 10.3. The van der Waals surface area contributed by atoms with Crippen LogP contribution < -0.4 is 0 Å². The highest BCUT2D eigenvalue weighted by atomic mass is 19.1. The number of nitrogens with zero attached hydrogens (tertiary/aromatic N) is 3. The van der Waals surface area contributed by atoms with Gasteiger partial charge in [0.05, 0.1) is 12.6 Å². The Labute approximate surface area is 108 Å². The van der Waals surface area contributed by atoms with Crippen LogP contribution in [0.4, 0.5) is 8.78 Å². The standard InChI is InChI=1S/C12H13F2N3O2/c1-2-19-12(18)6-5-11(16-17-15)9-7-8(13)3-4-10(9)14/h3-4,7,11H,2,5-6H2,1H3. The Balaban J connectivity index is 2.85. The van der Waals surface area contributed by atoms with E-state index in [0.29, 0.717) is 0 Å². The van der Waals surface area contributed by atoms with E-state index in [1.165, 1.54) is 0 Å². The highest BCUT2D eigenvalue weighted by Gasteiger charge is 2.17. The van der Waals surface area contributed by atoms with E-state index in [-0.39, 0.29) is 25.0 Å². The third kappa shape index (κ3) is 4.56. The van der Waals surface area contributed by atoms with E-state index in [1.54, 1.807) is 6.92 Å². The molecule has 0 saturated heterocycles. The van der Waals surface area contributed by atoms with Crippen molar-refractivity contribution in [1.29, 1.82) is 0 Å². The van der Waals surface area contributed by atoms with Gasteiger partial charge in [-0.15, -0.1) is 0 Å². The van der Waals surface area contributed by atoms with Crippen LogP contribution in [0.25, 0.3) is 10.4 Å². The summed E-state index contributed by atoms with van der Waals surface area (Å²) in [6.07, 6.45) is 0.0246. The molecule has 0 radical (unpaired) electrons. The highest BCUT2D eigenvalue weighted by molar-refractivity contribution is 5.69. The predicted molar refractivity (Wildman–Crippen MR) is 64.1 cm³/mol. The van der Waals surface area contributed by atoms with Crippen LogP contribution in [0.2, 0.25) is 0 Å². The Bertz CT molecular complexity index is 502. The van der Waals surface area contributed by atoms with Gasteiger partial charge in [-0.2, -0.15) is 0 Å². The molecule has 102 valence electrons. The molecule has 0 aliphatic heterocycles. The average molecular weight is 269 g/mol. The van der Waals surface area contributed by atoms with Gasteiger partial charge in [0.15, 0.2) is 0 Å². The number of carbonyl (C=O) groups is 1. The minimum atomic E-state index is -0.940. The fraction of sp³-hybridized carbons (Fsp3) is 0.417. The summed E-state index contributed by atoms with van der Waals surface area (Å²) in [5, 5.41) is 3.39. The van der Waals surface area contributed by atoms with E-state index in [9.17, 15) is 13.6 Å². The lowest BCUT2D eigenvalue weighted by molar-refractivity contribution is -0.143. The van der Waals surface area contributed by atoms with Crippen LogP contribution in [0, 0.1) is 11.6 Å². The van der Waals surface area contributed by atoms with Gasteiger partial charge in [-0.05, 0) is 42.6 Å². The summed E-state index contributed by atoms with van der Waals surface area (Å²) in [4.78, 5) is 13.8. The van der Waals surface area contributed by atoms with Crippen molar-refractivity contribution >= 4 is 5.97 Å². The number of azide groups is 1. The van der Waals surface area contributed by atoms with Crippen LogP contribution >= 0.6 is 0 Å². The van der Waals surface area contributed by atoms with Gasteiger partial charge in [0.2, 0.25) is 0 Å². The molecular weight excluding hydrogens is 256 g/mol. The molecule has 0 N–H and O–H groups in total. The molecule has 0 bridgehead atoms. The zero-order chi connectivity index (χ0) is 14.3. The van der Waals surface area contributed by atoms with Crippen molar-refractivity contribution in [3.63, 3.8) is 0 Å². The topological polar surface area (TPSA) is 75.1 Å². The minimum absolute atomic E-state index is 0.0342. The maximum atomic E-state index is 13.5. The number of hydrogen-bond acceptors (Lipinski definition) is 3. The number of rotatable bonds is 6. The van der Waals surface area contributed by atoms with Crippen molar-refractivity contribution in [3.8, 4) is 0 Å². The number of benzene rings is 1. The van der Waals surface area contributed by atoms with Crippen LogP contribution in [0.3, 0.4) is 0 Å². The van der Waals surface area contributed by atoms with Crippen LogP contribution in [0.1, 0.15) is 31.4 Å². The summed E-state index contributed by atoms with van der Waals surface area (Å²) in [6.45, 7) is 1.90. The predicted octanol–water partition coefficient (Wildman–Crippen LogP) is 3.66. The monoisotopic (exact) mass is 269 g/mol. The molecule has 0 aliphatic rings. The normalized spacial score (nSPS) is 11.5. The summed E-state index contributed by atoms with van der Waals surface area (Å²) in [5.41, 5.74) is 8.39. The lowest BCUT2D eigenvalue weighted by Gasteiger charge is -2.12. The number of carbonyl (C=O) groups excluding carboxylic acids is 1. The number of halogens is 2. The van der Waals surface area contributed by atoms with Gasteiger partial charge in [0.25, 0.3) is 0 Å².